The summed E-state index contributed by atoms with van der Waals surface area (Å²) < 4.78 is 0. The molecule has 0 bridgehead atoms. The van der Waals surface area contributed by atoms with Gasteiger partial charge in [0.15, 0.2) is 0 Å². The quantitative estimate of drug-likeness (QED) is 0.370. The number of fused-ring (bicyclic) bond motifs is 3. The van der Waals surface area contributed by atoms with E-state index in [0.29, 0.717) is 5.92 Å². The molecule has 2 aromatic carbocycles. The topological polar surface area (TPSA) is 0 Å². The summed E-state index contributed by atoms with van der Waals surface area (Å²) in [6.07, 6.45) is 9.97. The van der Waals surface area contributed by atoms with Crippen molar-refractivity contribution in [1.29, 1.82) is 0 Å². The molecule has 2 aliphatic rings. The second-order valence-electron chi connectivity index (χ2n) is 7.62. The largest absolute Gasteiger partial charge is 2.00 e. The van der Waals surface area contributed by atoms with Crippen molar-refractivity contribution in [2.24, 2.45) is 5.41 Å². The van der Waals surface area contributed by atoms with Crippen LogP contribution in [0.5, 0.6) is 0 Å². The summed E-state index contributed by atoms with van der Waals surface area (Å²) in [7, 11) is 0. The zero-order valence-electron chi connectivity index (χ0n) is 16.5. The molecule has 0 N–H and O–H groups in total. The van der Waals surface area contributed by atoms with E-state index in [1.807, 2.05) is 0 Å². The third-order valence-corrected chi connectivity index (χ3v) is 6.19. The Labute approximate surface area is 200 Å². The molecule has 0 saturated carbocycles. The Bertz CT molecular complexity index is 851. The van der Waals surface area contributed by atoms with Gasteiger partial charge in [0.1, 0.15) is 0 Å². The second kappa shape index (κ2) is 10.2. The van der Waals surface area contributed by atoms with E-state index in [0.717, 1.165) is 19.3 Å². The van der Waals surface area contributed by atoms with Crippen LogP contribution in [-0.4, -0.2) is 0 Å². The van der Waals surface area contributed by atoms with Gasteiger partial charge in [0.25, 0.3) is 0 Å². The molecule has 0 fully saturated rings. The summed E-state index contributed by atoms with van der Waals surface area (Å²) in [6.45, 7) is 8.75. The number of hydrogen-bond acceptors (Lipinski definition) is 0. The first kappa shape index (κ1) is 25.1. The fourth-order valence-electron chi connectivity index (χ4n) is 5.01. The van der Waals surface area contributed by atoms with Crippen LogP contribution in [-0.2, 0) is 25.8 Å². The van der Waals surface area contributed by atoms with Crippen molar-refractivity contribution in [3.63, 3.8) is 0 Å². The average molecular weight is 576 g/mol. The molecule has 2 aromatic rings. The van der Waals surface area contributed by atoms with Crippen molar-refractivity contribution in [2.75, 3.05) is 0 Å². The van der Waals surface area contributed by atoms with Crippen LogP contribution in [0.2, 0.25) is 0 Å². The van der Waals surface area contributed by atoms with Crippen LogP contribution < -0.4 is 24.8 Å². The van der Waals surface area contributed by atoms with Crippen LogP contribution in [0.25, 0.3) is 11.1 Å². The van der Waals surface area contributed by atoms with Gasteiger partial charge in [-0.25, -0.2) is 0 Å². The average Bonchev–Trinajstić information content (AvgIpc) is 3.22. The van der Waals surface area contributed by atoms with Gasteiger partial charge in [-0.3, -0.25) is 0 Å². The van der Waals surface area contributed by atoms with E-state index < -0.39 is 0 Å². The van der Waals surface area contributed by atoms with Gasteiger partial charge in [0.2, 0.25) is 0 Å². The molecule has 2 aliphatic carbocycles. The monoisotopic (exact) mass is 576 g/mol. The summed E-state index contributed by atoms with van der Waals surface area (Å²) in [4.78, 5) is 0. The molecule has 0 saturated heterocycles. The predicted octanol–water partition coefficient (Wildman–Crippen LogP) is 1.05. The van der Waals surface area contributed by atoms with Crippen molar-refractivity contribution in [3.05, 3.63) is 95.6 Å². The maximum Gasteiger partial charge on any atom is 2.00 e. The first-order chi connectivity index (χ1) is 12.2. The predicted molar refractivity (Wildman–Crippen MR) is 108 cm³/mol. The summed E-state index contributed by atoms with van der Waals surface area (Å²) in [6, 6.07) is 18.0. The van der Waals surface area contributed by atoms with Gasteiger partial charge in [-0.2, -0.15) is 0 Å². The minimum absolute atomic E-state index is 0. The number of benzene rings is 2. The fraction of sp³-hybridized carbons (Fsp3) is 0.280. The Kier molecular flexibility index (Phi) is 9.19. The van der Waals surface area contributed by atoms with Crippen LogP contribution in [0.4, 0.5) is 0 Å². The number of hydrogen-bond donors (Lipinski definition) is 0. The first-order valence-corrected chi connectivity index (χ1v) is 9.32. The molecule has 1 unspecified atom stereocenters. The fourth-order valence-corrected chi connectivity index (χ4v) is 5.01. The van der Waals surface area contributed by atoms with E-state index in [-0.39, 0.29) is 56.1 Å². The third-order valence-electron chi connectivity index (χ3n) is 6.19. The van der Waals surface area contributed by atoms with Crippen LogP contribution in [0.15, 0.2) is 84.5 Å². The number of allylic oxidation sites excluding steroid dienone is 5. The molecule has 0 heterocycles. The van der Waals surface area contributed by atoms with Crippen molar-refractivity contribution in [2.45, 2.75) is 39.0 Å². The van der Waals surface area contributed by atoms with E-state index >= 15 is 0 Å². The van der Waals surface area contributed by atoms with Crippen molar-refractivity contribution in [1.82, 2.24) is 0 Å². The number of halogens is 2. The molecular formula is C25H26Cl2Hf. The molecule has 0 radical (unpaired) electrons. The molecule has 144 valence electrons. The van der Waals surface area contributed by atoms with Gasteiger partial charge in [0, 0.05) is 11.3 Å². The Morgan fingerprint density at radius 3 is 2.00 bits per heavy atom. The molecule has 0 spiro atoms. The van der Waals surface area contributed by atoms with Gasteiger partial charge in [0.05, 0.1) is 0 Å². The summed E-state index contributed by atoms with van der Waals surface area (Å²) in [5.74, 6) is 0.421. The molecule has 28 heavy (non-hydrogen) atoms. The zero-order chi connectivity index (χ0) is 17.4. The van der Waals surface area contributed by atoms with E-state index in [1.165, 1.54) is 27.8 Å². The molecule has 0 aliphatic heterocycles. The number of rotatable bonds is 5. The van der Waals surface area contributed by atoms with Crippen molar-refractivity contribution < 1.29 is 50.7 Å². The zero-order valence-corrected chi connectivity index (χ0v) is 21.6. The van der Waals surface area contributed by atoms with Crippen LogP contribution in [0.1, 0.15) is 50.2 Å². The van der Waals surface area contributed by atoms with E-state index in [4.69, 9.17) is 0 Å². The minimum Gasteiger partial charge on any atom is -1.00 e. The SMILES string of the molecule is C=CCCC(C)(C1=C(C)C=CC1)C1c2ccccc2-c2ccccc21.[Cl-].[Cl-].[Hf+2]. The normalized spacial score (nSPS) is 16.2. The van der Waals surface area contributed by atoms with E-state index in [1.54, 1.807) is 5.57 Å². The maximum atomic E-state index is 3.99. The molecule has 3 heteroatoms. The van der Waals surface area contributed by atoms with Crippen LogP contribution in [0, 0.1) is 5.41 Å². The molecule has 4 rings (SSSR count). The van der Waals surface area contributed by atoms with Gasteiger partial charge < -0.3 is 24.8 Å². The Balaban J connectivity index is 0.00000131. The Hall–Kier alpha value is -0.890. The third kappa shape index (κ3) is 4.04. The summed E-state index contributed by atoms with van der Waals surface area (Å²) in [5, 5.41) is 0. The Morgan fingerprint density at radius 1 is 1.00 bits per heavy atom. The van der Waals surface area contributed by atoms with E-state index in [2.05, 4.69) is 87.2 Å². The van der Waals surface area contributed by atoms with Gasteiger partial charge in [-0.05, 0) is 48.4 Å². The van der Waals surface area contributed by atoms with Gasteiger partial charge in [-0.1, -0.05) is 84.8 Å². The maximum absolute atomic E-state index is 3.99. The molecule has 1 atom stereocenters. The van der Waals surface area contributed by atoms with Gasteiger partial charge in [-0.15, -0.1) is 6.58 Å². The Morgan fingerprint density at radius 2 is 1.54 bits per heavy atom. The molecule has 0 amide bonds. The first-order valence-electron chi connectivity index (χ1n) is 9.32. The molecule has 0 aromatic heterocycles. The van der Waals surface area contributed by atoms with Crippen LogP contribution in [0.3, 0.4) is 0 Å². The second-order valence-corrected chi connectivity index (χ2v) is 7.62. The van der Waals surface area contributed by atoms with Gasteiger partial charge >= 0.3 is 25.8 Å². The minimum atomic E-state index is 0. The summed E-state index contributed by atoms with van der Waals surface area (Å²) >= 11 is 0. The van der Waals surface area contributed by atoms with Crippen LogP contribution >= 0.6 is 0 Å². The van der Waals surface area contributed by atoms with Crippen molar-refractivity contribution in [3.8, 4) is 11.1 Å². The summed E-state index contributed by atoms with van der Waals surface area (Å²) in [5.41, 5.74) is 8.98. The molecule has 0 nitrogen and oxygen atoms in total. The standard InChI is InChI=1S/C25H26.2ClH.Hf/c1-4-5-17-25(3,23-16-10-11-18(23)2)24-21-14-8-6-12-19(21)20-13-7-9-15-22(20)24;;;/h4,6-15,24H,1,5,16-17H2,2-3H3;2*1H;/q;;;+2/p-2. The molecular weight excluding hydrogens is 550 g/mol. The van der Waals surface area contributed by atoms with Crippen molar-refractivity contribution >= 4 is 0 Å². The van der Waals surface area contributed by atoms with E-state index in [9.17, 15) is 0 Å². The smallest absolute Gasteiger partial charge is 1.00 e.